The monoisotopic (exact) mass is 243 g/mol. The van der Waals surface area contributed by atoms with Crippen molar-refractivity contribution in [2.75, 3.05) is 6.61 Å². The van der Waals surface area contributed by atoms with Gasteiger partial charge in [-0.3, -0.25) is 0 Å². The van der Waals surface area contributed by atoms with E-state index in [4.69, 9.17) is 4.74 Å². The van der Waals surface area contributed by atoms with Crippen LogP contribution in [0.1, 0.15) is 52.9 Å². The van der Waals surface area contributed by atoms with Gasteiger partial charge < -0.3 is 15.2 Å². The van der Waals surface area contributed by atoms with E-state index < -0.39 is 11.7 Å². The van der Waals surface area contributed by atoms with Crippen LogP contribution in [-0.2, 0) is 4.74 Å². The van der Waals surface area contributed by atoms with Crippen LogP contribution in [0.2, 0.25) is 0 Å². The first kappa shape index (κ1) is 14.3. The lowest BCUT2D eigenvalue weighted by atomic mass is 9.99. The Morgan fingerprint density at radius 3 is 2.47 bits per heavy atom. The summed E-state index contributed by atoms with van der Waals surface area (Å²) >= 11 is 0. The first-order valence-electron chi connectivity index (χ1n) is 6.51. The molecule has 1 amide bonds. The molecule has 1 fully saturated rings. The van der Waals surface area contributed by atoms with E-state index in [0.29, 0.717) is 5.92 Å². The van der Waals surface area contributed by atoms with E-state index in [9.17, 15) is 9.90 Å². The van der Waals surface area contributed by atoms with Crippen molar-refractivity contribution in [3.8, 4) is 0 Å². The Labute approximate surface area is 104 Å². The van der Waals surface area contributed by atoms with Crippen LogP contribution in [0, 0.1) is 5.92 Å². The van der Waals surface area contributed by atoms with E-state index in [0.717, 1.165) is 6.42 Å². The highest BCUT2D eigenvalue weighted by molar-refractivity contribution is 5.68. The molecule has 1 rings (SSSR count). The van der Waals surface area contributed by atoms with Crippen LogP contribution in [-0.4, -0.2) is 29.4 Å². The lowest BCUT2D eigenvalue weighted by Crippen LogP contribution is -2.41. The van der Waals surface area contributed by atoms with Crippen molar-refractivity contribution in [3.63, 3.8) is 0 Å². The zero-order valence-corrected chi connectivity index (χ0v) is 11.2. The zero-order chi connectivity index (χ0) is 12.9. The normalized spacial score (nSPS) is 19.1. The van der Waals surface area contributed by atoms with E-state index in [1.54, 1.807) is 0 Å². The molecule has 0 aliphatic heterocycles. The van der Waals surface area contributed by atoms with Crippen molar-refractivity contribution >= 4 is 6.09 Å². The Morgan fingerprint density at radius 1 is 1.41 bits per heavy atom. The SMILES string of the molecule is CC(C)(C)OC(=O)NC(CO)CC1CCCC1. The van der Waals surface area contributed by atoms with E-state index in [2.05, 4.69) is 5.32 Å². The molecular weight excluding hydrogens is 218 g/mol. The van der Waals surface area contributed by atoms with Gasteiger partial charge in [-0.25, -0.2) is 4.79 Å². The Morgan fingerprint density at radius 2 is 2.00 bits per heavy atom. The van der Waals surface area contributed by atoms with Crippen LogP contribution in [0.5, 0.6) is 0 Å². The minimum absolute atomic E-state index is 0.0181. The number of ether oxygens (including phenoxy) is 1. The first-order valence-corrected chi connectivity index (χ1v) is 6.51. The van der Waals surface area contributed by atoms with Gasteiger partial charge in [-0.05, 0) is 33.1 Å². The predicted molar refractivity (Wildman–Crippen MR) is 66.8 cm³/mol. The highest BCUT2D eigenvalue weighted by Crippen LogP contribution is 2.28. The van der Waals surface area contributed by atoms with Crippen LogP contribution < -0.4 is 5.32 Å². The van der Waals surface area contributed by atoms with Crippen LogP contribution >= 0.6 is 0 Å². The number of hydrogen-bond donors (Lipinski definition) is 2. The highest BCUT2D eigenvalue weighted by atomic mass is 16.6. The average Bonchev–Trinajstić information content (AvgIpc) is 2.66. The summed E-state index contributed by atoms with van der Waals surface area (Å²) in [5.41, 5.74) is -0.489. The molecular formula is C13H25NO3. The van der Waals surface area contributed by atoms with Crippen LogP contribution in [0.3, 0.4) is 0 Å². The maximum Gasteiger partial charge on any atom is 0.407 e. The number of rotatable bonds is 4. The molecule has 1 atom stereocenters. The fourth-order valence-electron chi connectivity index (χ4n) is 2.30. The summed E-state index contributed by atoms with van der Waals surface area (Å²) in [5.74, 6) is 0.641. The molecule has 0 aromatic carbocycles. The third-order valence-electron chi connectivity index (χ3n) is 3.03. The molecule has 0 aromatic rings. The van der Waals surface area contributed by atoms with Crippen LogP contribution in [0.15, 0.2) is 0 Å². The molecule has 0 bridgehead atoms. The number of hydrogen-bond acceptors (Lipinski definition) is 3. The Kier molecular flexibility index (Phi) is 5.25. The summed E-state index contributed by atoms with van der Waals surface area (Å²) in [5, 5.41) is 12.0. The lowest BCUT2D eigenvalue weighted by Gasteiger charge is -2.24. The van der Waals surface area contributed by atoms with E-state index in [-0.39, 0.29) is 12.6 Å². The number of nitrogens with one attached hydrogen (secondary N) is 1. The molecule has 0 saturated heterocycles. The first-order chi connectivity index (χ1) is 7.90. The van der Waals surface area contributed by atoms with E-state index in [1.165, 1.54) is 25.7 Å². The van der Waals surface area contributed by atoms with E-state index >= 15 is 0 Å². The molecule has 0 radical (unpaired) electrons. The smallest absolute Gasteiger partial charge is 0.407 e. The zero-order valence-electron chi connectivity index (χ0n) is 11.2. The molecule has 1 aliphatic rings. The van der Waals surface area contributed by atoms with Crippen molar-refractivity contribution in [1.82, 2.24) is 5.32 Å². The summed E-state index contributed by atoms with van der Waals surface area (Å²) in [6.07, 6.45) is 5.40. The topological polar surface area (TPSA) is 58.6 Å². The summed E-state index contributed by atoms with van der Waals surface area (Å²) in [6.45, 7) is 5.47. The number of alkyl carbamates (subject to hydrolysis) is 1. The fourth-order valence-corrected chi connectivity index (χ4v) is 2.30. The van der Waals surface area contributed by atoms with E-state index in [1.807, 2.05) is 20.8 Å². The number of aliphatic hydroxyl groups is 1. The van der Waals surface area contributed by atoms with Crippen molar-refractivity contribution in [1.29, 1.82) is 0 Å². The van der Waals surface area contributed by atoms with Gasteiger partial charge in [-0.1, -0.05) is 25.7 Å². The lowest BCUT2D eigenvalue weighted by molar-refractivity contribution is 0.0472. The Bertz CT molecular complexity index is 242. The van der Waals surface area contributed by atoms with Crippen molar-refractivity contribution in [2.24, 2.45) is 5.92 Å². The summed E-state index contributed by atoms with van der Waals surface area (Å²) in [6, 6.07) is -0.173. The standard InChI is InChI=1S/C13H25NO3/c1-13(2,3)17-12(16)14-11(9-15)8-10-6-4-5-7-10/h10-11,15H,4-9H2,1-3H3,(H,14,16). The molecule has 1 aliphatic carbocycles. The van der Waals surface area contributed by atoms with Gasteiger partial charge in [0.15, 0.2) is 0 Å². The number of carbonyl (C=O) groups is 1. The number of carbonyl (C=O) groups excluding carboxylic acids is 1. The molecule has 2 N–H and O–H groups in total. The molecule has 4 nitrogen and oxygen atoms in total. The minimum atomic E-state index is -0.489. The molecule has 1 saturated carbocycles. The van der Waals surface area contributed by atoms with Gasteiger partial charge in [0, 0.05) is 0 Å². The van der Waals surface area contributed by atoms with Gasteiger partial charge in [0.05, 0.1) is 12.6 Å². The second-order valence-electron chi connectivity index (χ2n) is 5.91. The summed E-state index contributed by atoms with van der Waals surface area (Å²) in [7, 11) is 0. The Balaban J connectivity index is 2.32. The van der Waals surface area contributed by atoms with Crippen molar-refractivity contribution in [3.05, 3.63) is 0 Å². The molecule has 17 heavy (non-hydrogen) atoms. The third kappa shape index (κ3) is 5.91. The predicted octanol–water partition coefficient (Wildman–Crippen LogP) is 2.45. The maximum atomic E-state index is 11.6. The minimum Gasteiger partial charge on any atom is -0.444 e. The second kappa shape index (κ2) is 6.24. The van der Waals surface area contributed by atoms with Gasteiger partial charge in [-0.2, -0.15) is 0 Å². The fraction of sp³-hybridized carbons (Fsp3) is 0.923. The molecule has 100 valence electrons. The summed E-state index contributed by atoms with van der Waals surface area (Å²) < 4.78 is 5.17. The molecule has 0 aromatic heterocycles. The average molecular weight is 243 g/mol. The van der Waals surface area contributed by atoms with Gasteiger partial charge in [-0.15, -0.1) is 0 Å². The van der Waals surface area contributed by atoms with Gasteiger partial charge in [0.25, 0.3) is 0 Å². The van der Waals surface area contributed by atoms with Crippen LogP contribution in [0.25, 0.3) is 0 Å². The van der Waals surface area contributed by atoms with Crippen molar-refractivity contribution in [2.45, 2.75) is 64.5 Å². The number of aliphatic hydroxyl groups excluding tert-OH is 1. The molecule has 4 heteroatoms. The molecule has 1 unspecified atom stereocenters. The van der Waals surface area contributed by atoms with Gasteiger partial charge in [0.2, 0.25) is 0 Å². The highest BCUT2D eigenvalue weighted by Gasteiger charge is 2.23. The molecule has 0 heterocycles. The van der Waals surface area contributed by atoms with Gasteiger partial charge in [0.1, 0.15) is 5.60 Å². The largest absolute Gasteiger partial charge is 0.444 e. The third-order valence-corrected chi connectivity index (χ3v) is 3.03. The van der Waals surface area contributed by atoms with Crippen molar-refractivity contribution < 1.29 is 14.6 Å². The van der Waals surface area contributed by atoms with Crippen LogP contribution in [0.4, 0.5) is 4.79 Å². The quantitative estimate of drug-likeness (QED) is 0.797. The second-order valence-corrected chi connectivity index (χ2v) is 5.91. The van der Waals surface area contributed by atoms with Gasteiger partial charge >= 0.3 is 6.09 Å². The summed E-state index contributed by atoms with van der Waals surface area (Å²) in [4.78, 5) is 11.6. The number of amides is 1. The Hall–Kier alpha value is -0.770. The maximum absolute atomic E-state index is 11.6. The molecule has 0 spiro atoms.